The van der Waals surface area contributed by atoms with Crippen LogP contribution in [0.15, 0.2) is 57.8 Å². The van der Waals surface area contributed by atoms with Gasteiger partial charge in [-0.1, -0.05) is 18.2 Å². The van der Waals surface area contributed by atoms with Crippen molar-refractivity contribution in [2.75, 3.05) is 0 Å². The molecule has 0 spiro atoms. The van der Waals surface area contributed by atoms with Crippen LogP contribution in [0.3, 0.4) is 0 Å². The van der Waals surface area contributed by atoms with Crippen LogP contribution in [0.1, 0.15) is 5.56 Å². The summed E-state index contributed by atoms with van der Waals surface area (Å²) in [6.45, 7) is 0. The van der Waals surface area contributed by atoms with Crippen LogP contribution >= 0.6 is 79.6 Å². The average molecular weight is 615 g/mol. The summed E-state index contributed by atoms with van der Waals surface area (Å²) in [4.78, 5) is 7.89. The Kier molecular flexibility index (Phi) is 5.29. The van der Waals surface area contributed by atoms with E-state index >= 15 is 0 Å². The smallest absolute Gasteiger partial charge is 0.0937 e. The molecular formula is C15H7Br5N2. The summed E-state index contributed by atoms with van der Waals surface area (Å²) in [6.07, 6.45) is 3.79. The summed E-state index contributed by atoms with van der Waals surface area (Å²) in [6, 6.07) is 8.18. The molecule has 2 aromatic carbocycles. The number of aliphatic imine (C=N–C) groups is 1. The molecule has 0 saturated carbocycles. The van der Waals surface area contributed by atoms with E-state index < -0.39 is 0 Å². The lowest BCUT2D eigenvalue weighted by molar-refractivity contribution is 1.39. The number of aromatic nitrogens is 1. The average Bonchev–Trinajstić information content (AvgIpc) is 3.00. The number of nitrogens with zero attached hydrogens (tertiary/aromatic N) is 1. The van der Waals surface area contributed by atoms with E-state index in [9.17, 15) is 0 Å². The lowest BCUT2D eigenvalue weighted by Gasteiger charge is -2.10. The second-order valence-corrected chi connectivity index (χ2v) is 8.43. The van der Waals surface area contributed by atoms with Gasteiger partial charge >= 0.3 is 0 Å². The molecule has 2 nitrogen and oxygen atoms in total. The van der Waals surface area contributed by atoms with E-state index in [0.717, 1.165) is 39.1 Å². The first-order valence-corrected chi connectivity index (χ1v) is 10.1. The zero-order chi connectivity index (χ0) is 15.9. The summed E-state index contributed by atoms with van der Waals surface area (Å²) in [7, 11) is 0. The number of aromatic amines is 1. The van der Waals surface area contributed by atoms with Crippen molar-refractivity contribution in [3.05, 3.63) is 58.4 Å². The van der Waals surface area contributed by atoms with Crippen molar-refractivity contribution >= 4 is 102 Å². The molecule has 0 bridgehead atoms. The number of H-pyrrole nitrogens is 1. The fourth-order valence-electron chi connectivity index (χ4n) is 2.06. The van der Waals surface area contributed by atoms with Crippen LogP contribution in [0.4, 0.5) is 5.69 Å². The number of rotatable bonds is 2. The molecule has 0 aliphatic rings. The number of hydrogen-bond acceptors (Lipinski definition) is 1. The molecule has 0 aliphatic carbocycles. The predicted molar refractivity (Wildman–Crippen MR) is 110 cm³/mol. The molecule has 0 atom stereocenters. The summed E-state index contributed by atoms with van der Waals surface area (Å²) in [5.74, 6) is 0. The van der Waals surface area contributed by atoms with Gasteiger partial charge in [0.15, 0.2) is 0 Å². The zero-order valence-electron chi connectivity index (χ0n) is 10.8. The highest BCUT2D eigenvalue weighted by Crippen LogP contribution is 2.48. The van der Waals surface area contributed by atoms with Gasteiger partial charge in [0.25, 0.3) is 0 Å². The Labute approximate surface area is 169 Å². The predicted octanol–water partition coefficient (Wildman–Crippen LogP) is 7.73. The highest BCUT2D eigenvalue weighted by molar-refractivity contribution is 9.15. The summed E-state index contributed by atoms with van der Waals surface area (Å²) in [5, 5.41) is 1.17. The molecular weight excluding hydrogens is 608 g/mol. The number of benzene rings is 2. The van der Waals surface area contributed by atoms with E-state index in [1.54, 1.807) is 0 Å². The van der Waals surface area contributed by atoms with Crippen molar-refractivity contribution < 1.29 is 0 Å². The Morgan fingerprint density at radius 1 is 0.818 bits per heavy atom. The van der Waals surface area contributed by atoms with Crippen LogP contribution in [0.5, 0.6) is 0 Å². The highest BCUT2D eigenvalue weighted by Gasteiger charge is 2.16. The van der Waals surface area contributed by atoms with Crippen LogP contribution in [0.2, 0.25) is 0 Å². The standard InChI is InChI=1S/C15H7Br5N2/c16-9-10(17)12(19)15(13(20)11(9)18)22-6-8-3-1-2-7-4-5-21-14(7)8/h1-6,21H. The molecule has 0 fully saturated rings. The molecule has 0 aliphatic heterocycles. The van der Waals surface area contributed by atoms with Gasteiger partial charge in [0, 0.05) is 36.8 Å². The lowest BCUT2D eigenvalue weighted by atomic mass is 10.1. The first-order valence-electron chi connectivity index (χ1n) is 6.12. The molecule has 0 saturated heterocycles. The number of fused-ring (bicyclic) bond motifs is 1. The van der Waals surface area contributed by atoms with Crippen molar-refractivity contribution in [3.63, 3.8) is 0 Å². The number of halogens is 5. The van der Waals surface area contributed by atoms with Crippen molar-refractivity contribution in [2.45, 2.75) is 0 Å². The van der Waals surface area contributed by atoms with Gasteiger partial charge in [0.2, 0.25) is 0 Å². The molecule has 7 heteroatoms. The molecule has 22 heavy (non-hydrogen) atoms. The van der Waals surface area contributed by atoms with E-state index in [-0.39, 0.29) is 0 Å². The van der Waals surface area contributed by atoms with Crippen LogP contribution in [-0.2, 0) is 0 Å². The zero-order valence-corrected chi connectivity index (χ0v) is 18.7. The maximum Gasteiger partial charge on any atom is 0.0937 e. The van der Waals surface area contributed by atoms with Crippen molar-refractivity contribution in [1.82, 2.24) is 4.98 Å². The minimum absolute atomic E-state index is 0.811. The Morgan fingerprint density at radius 2 is 1.45 bits per heavy atom. The highest BCUT2D eigenvalue weighted by atomic mass is 79.9. The van der Waals surface area contributed by atoms with Crippen LogP contribution in [0, 0.1) is 0 Å². The van der Waals surface area contributed by atoms with Crippen LogP contribution in [0.25, 0.3) is 10.9 Å². The molecule has 3 rings (SSSR count). The quantitative estimate of drug-likeness (QED) is 0.174. The maximum absolute atomic E-state index is 4.65. The molecule has 0 radical (unpaired) electrons. The Hall–Kier alpha value is 0.0500. The second kappa shape index (κ2) is 6.89. The first-order chi connectivity index (χ1) is 10.5. The molecule has 1 heterocycles. The largest absolute Gasteiger partial charge is 0.361 e. The van der Waals surface area contributed by atoms with E-state index in [1.807, 2.05) is 30.6 Å². The molecule has 3 aromatic rings. The third-order valence-corrected chi connectivity index (χ3v) is 9.19. The SMILES string of the molecule is Brc1c(Br)c(Br)c(N=Cc2cccc3cc[nH]c23)c(Br)c1Br. The van der Waals surface area contributed by atoms with Crippen molar-refractivity contribution in [1.29, 1.82) is 0 Å². The van der Waals surface area contributed by atoms with Crippen molar-refractivity contribution in [2.24, 2.45) is 4.99 Å². The first kappa shape index (κ1) is 16.9. The summed E-state index contributed by atoms with van der Waals surface area (Å²) < 4.78 is 4.51. The number of nitrogens with one attached hydrogen (secondary N) is 1. The third-order valence-electron chi connectivity index (χ3n) is 3.14. The molecule has 1 aromatic heterocycles. The van der Waals surface area contributed by atoms with Gasteiger partial charge in [0.05, 0.1) is 20.1 Å². The minimum atomic E-state index is 0.811. The summed E-state index contributed by atoms with van der Waals surface area (Å²) in [5.41, 5.74) is 2.93. The number of hydrogen-bond donors (Lipinski definition) is 1. The minimum Gasteiger partial charge on any atom is -0.361 e. The molecule has 1 N–H and O–H groups in total. The fraction of sp³-hybridized carbons (Fsp3) is 0. The second-order valence-electron chi connectivity index (χ2n) is 4.47. The Morgan fingerprint density at radius 3 is 2.14 bits per heavy atom. The van der Waals surface area contributed by atoms with E-state index in [4.69, 9.17) is 0 Å². The van der Waals surface area contributed by atoms with E-state index in [0.29, 0.717) is 0 Å². The van der Waals surface area contributed by atoms with Crippen molar-refractivity contribution in [3.8, 4) is 0 Å². The van der Waals surface area contributed by atoms with Gasteiger partial charge < -0.3 is 4.98 Å². The van der Waals surface area contributed by atoms with Gasteiger partial charge in [-0.2, -0.15) is 0 Å². The van der Waals surface area contributed by atoms with E-state index in [2.05, 4.69) is 95.7 Å². The lowest BCUT2D eigenvalue weighted by Crippen LogP contribution is -1.86. The molecule has 0 amide bonds. The monoisotopic (exact) mass is 610 g/mol. The summed E-state index contributed by atoms with van der Waals surface area (Å²) >= 11 is 17.8. The van der Waals surface area contributed by atoms with Gasteiger partial charge in [0.1, 0.15) is 0 Å². The topological polar surface area (TPSA) is 28.1 Å². The Bertz CT molecular complexity index is 869. The van der Waals surface area contributed by atoms with Crippen LogP contribution in [-0.4, -0.2) is 11.2 Å². The number of para-hydroxylation sites is 1. The van der Waals surface area contributed by atoms with Gasteiger partial charge in [-0.15, -0.1) is 0 Å². The Balaban J connectivity index is 2.12. The van der Waals surface area contributed by atoms with E-state index in [1.165, 1.54) is 5.39 Å². The van der Waals surface area contributed by atoms with Gasteiger partial charge in [-0.05, 0) is 85.7 Å². The maximum atomic E-state index is 4.65. The van der Waals surface area contributed by atoms with Crippen LogP contribution < -0.4 is 0 Å². The van der Waals surface area contributed by atoms with Gasteiger partial charge in [-0.3, -0.25) is 4.99 Å². The fourth-order valence-corrected chi connectivity index (χ4v) is 5.29. The van der Waals surface area contributed by atoms with Gasteiger partial charge in [-0.25, -0.2) is 0 Å². The normalized spacial score (nSPS) is 11.7. The molecule has 112 valence electrons. The third kappa shape index (κ3) is 3.02. The molecule has 0 unspecified atom stereocenters.